The molecular weight excluding hydrogens is 518 g/mol. The Kier molecular flexibility index (Phi) is 9.89. The fourth-order valence-corrected chi connectivity index (χ4v) is 4.73. The lowest BCUT2D eigenvalue weighted by atomic mass is 10.0. The third-order valence-corrected chi connectivity index (χ3v) is 7.18. The van der Waals surface area contributed by atoms with Crippen LogP contribution in [0.15, 0.2) is 85.1 Å². The molecule has 214 valence electrons. The maximum atomic E-state index is 13.1. The number of ether oxygens (including phenoxy) is 1. The van der Waals surface area contributed by atoms with E-state index >= 15 is 0 Å². The van der Waals surface area contributed by atoms with Gasteiger partial charge in [-0.2, -0.15) is 0 Å². The summed E-state index contributed by atoms with van der Waals surface area (Å²) in [6, 6.07) is 12.6. The highest BCUT2D eigenvalue weighted by Crippen LogP contribution is 2.36. The topological polar surface area (TPSA) is 94.2 Å². The molecular formula is C32H37N5O4. The van der Waals surface area contributed by atoms with Crippen LogP contribution in [-0.4, -0.2) is 81.5 Å². The third-order valence-electron chi connectivity index (χ3n) is 7.18. The number of nitrogens with zero attached hydrogens (tertiary/aromatic N) is 3. The Morgan fingerprint density at radius 1 is 1.07 bits per heavy atom. The van der Waals surface area contributed by atoms with Crippen molar-refractivity contribution in [2.75, 3.05) is 69.5 Å². The van der Waals surface area contributed by atoms with Crippen LogP contribution in [0.3, 0.4) is 0 Å². The van der Waals surface area contributed by atoms with Crippen molar-refractivity contribution in [3.05, 3.63) is 96.2 Å². The normalized spacial score (nSPS) is 16.9. The number of amides is 2. The molecule has 0 aliphatic carbocycles. The van der Waals surface area contributed by atoms with E-state index in [1.165, 1.54) is 7.11 Å². The first-order valence-electron chi connectivity index (χ1n) is 13.6. The van der Waals surface area contributed by atoms with Crippen LogP contribution in [0.5, 0.6) is 0 Å². The van der Waals surface area contributed by atoms with E-state index in [1.54, 1.807) is 36.2 Å². The number of likely N-dealkylation sites (N-methyl/N-ethyl adjacent to an activating group) is 2. The van der Waals surface area contributed by atoms with Crippen LogP contribution < -0.4 is 15.5 Å². The number of anilines is 3. The Balaban J connectivity index is 1.55. The molecule has 4 rings (SSSR count). The highest BCUT2D eigenvalue weighted by molar-refractivity contribution is 6.32. The maximum absolute atomic E-state index is 13.1. The number of hydrogen-bond donors (Lipinski definition) is 2. The zero-order valence-corrected chi connectivity index (χ0v) is 23.9. The van der Waals surface area contributed by atoms with Crippen molar-refractivity contribution < 1.29 is 19.1 Å². The van der Waals surface area contributed by atoms with Gasteiger partial charge in [-0.15, -0.1) is 0 Å². The van der Waals surface area contributed by atoms with Crippen molar-refractivity contribution in [2.45, 2.75) is 6.42 Å². The molecule has 0 aromatic heterocycles. The number of hydrogen-bond acceptors (Lipinski definition) is 7. The summed E-state index contributed by atoms with van der Waals surface area (Å²) in [6.07, 6.45) is 9.67. The number of esters is 1. The maximum Gasteiger partial charge on any atom is 0.337 e. The predicted octanol–water partition coefficient (Wildman–Crippen LogP) is 4.15. The molecule has 2 aliphatic heterocycles. The first-order chi connectivity index (χ1) is 19.8. The van der Waals surface area contributed by atoms with Gasteiger partial charge in [-0.25, -0.2) is 4.79 Å². The van der Waals surface area contributed by atoms with E-state index in [2.05, 4.69) is 34.1 Å². The molecule has 9 heteroatoms. The summed E-state index contributed by atoms with van der Waals surface area (Å²) in [5.41, 5.74) is 4.37. The summed E-state index contributed by atoms with van der Waals surface area (Å²) in [6.45, 7) is 7.76. The number of methoxy groups -OCH3 is 1. The largest absolute Gasteiger partial charge is 0.465 e. The molecule has 2 N–H and O–H groups in total. The van der Waals surface area contributed by atoms with E-state index in [1.807, 2.05) is 48.6 Å². The average Bonchev–Trinajstić information content (AvgIpc) is 3.31. The van der Waals surface area contributed by atoms with Gasteiger partial charge >= 0.3 is 5.97 Å². The molecule has 41 heavy (non-hydrogen) atoms. The van der Waals surface area contributed by atoms with Gasteiger partial charge in [-0.1, -0.05) is 43.0 Å². The van der Waals surface area contributed by atoms with Gasteiger partial charge in [0.05, 0.1) is 30.5 Å². The number of nitrogens with one attached hydrogen (secondary N) is 2. The van der Waals surface area contributed by atoms with Gasteiger partial charge in [0, 0.05) is 62.3 Å². The highest BCUT2D eigenvalue weighted by atomic mass is 16.5. The van der Waals surface area contributed by atoms with Gasteiger partial charge in [0.1, 0.15) is 0 Å². The molecule has 2 aromatic carbocycles. The second-order valence-electron chi connectivity index (χ2n) is 10.0. The first kappa shape index (κ1) is 29.5. The van der Waals surface area contributed by atoms with Crippen molar-refractivity contribution in [1.82, 2.24) is 9.80 Å². The fourth-order valence-electron chi connectivity index (χ4n) is 4.73. The predicted molar refractivity (Wildman–Crippen MR) is 164 cm³/mol. The zero-order valence-electron chi connectivity index (χ0n) is 23.9. The lowest BCUT2D eigenvalue weighted by Gasteiger charge is -2.32. The van der Waals surface area contributed by atoms with Crippen LogP contribution >= 0.6 is 0 Å². The number of allylic oxidation sites excluding steroid dienone is 5. The molecule has 1 fully saturated rings. The number of carbonyl (C=O) groups is 3. The summed E-state index contributed by atoms with van der Waals surface area (Å²) >= 11 is 0. The van der Waals surface area contributed by atoms with Gasteiger partial charge in [0.2, 0.25) is 5.91 Å². The molecule has 0 atom stereocenters. The summed E-state index contributed by atoms with van der Waals surface area (Å²) in [5.74, 6) is -0.686. The highest BCUT2D eigenvalue weighted by Gasteiger charge is 2.28. The van der Waals surface area contributed by atoms with E-state index in [9.17, 15) is 14.4 Å². The van der Waals surface area contributed by atoms with Crippen LogP contribution in [-0.2, 0) is 14.3 Å². The minimum atomic E-state index is -0.471. The molecule has 0 radical (unpaired) electrons. The molecule has 2 heterocycles. The summed E-state index contributed by atoms with van der Waals surface area (Å²) in [7, 11) is 5.20. The standard InChI is InChI=1S/C32H37N5O4/c1-5-6-7-8-9-10-27(30-26-16-11-23(32(40)41-4)21-28(26)34-31(30)39)33-24-12-14-25(15-13-24)36(3)29(38)22-37-19-17-35(2)18-20-37/h5-9,11-16,21,33H,1,10,17-20,22H2,2-4H3,(H,34,39)/b7-6-,9-8-,30-27-. The molecule has 2 aromatic rings. The monoisotopic (exact) mass is 555 g/mol. The van der Waals surface area contributed by atoms with Crippen molar-refractivity contribution in [2.24, 2.45) is 0 Å². The Labute approximate surface area is 241 Å². The van der Waals surface area contributed by atoms with Crippen molar-refractivity contribution >= 4 is 40.4 Å². The van der Waals surface area contributed by atoms with Gasteiger partial charge in [0.15, 0.2) is 0 Å². The quantitative estimate of drug-likeness (QED) is 0.259. The van der Waals surface area contributed by atoms with Gasteiger partial charge in [0.25, 0.3) is 5.91 Å². The fraction of sp³-hybridized carbons (Fsp3) is 0.281. The average molecular weight is 556 g/mol. The van der Waals surface area contributed by atoms with Crippen LogP contribution in [0.25, 0.3) is 5.57 Å². The lowest BCUT2D eigenvalue weighted by Crippen LogP contribution is -2.48. The summed E-state index contributed by atoms with van der Waals surface area (Å²) in [4.78, 5) is 44.2. The van der Waals surface area contributed by atoms with Crippen LogP contribution in [0.4, 0.5) is 17.1 Å². The Morgan fingerprint density at radius 2 is 1.80 bits per heavy atom. The summed E-state index contributed by atoms with van der Waals surface area (Å²) < 4.78 is 4.82. The molecule has 0 saturated carbocycles. The minimum absolute atomic E-state index is 0.0429. The molecule has 2 amide bonds. The lowest BCUT2D eigenvalue weighted by molar-refractivity contribution is -0.119. The molecule has 0 unspecified atom stereocenters. The smallest absolute Gasteiger partial charge is 0.337 e. The van der Waals surface area contributed by atoms with Crippen LogP contribution in [0.1, 0.15) is 22.3 Å². The second kappa shape index (κ2) is 13.7. The van der Waals surface area contributed by atoms with Crippen LogP contribution in [0, 0.1) is 0 Å². The van der Waals surface area contributed by atoms with Gasteiger partial charge < -0.3 is 25.2 Å². The Morgan fingerprint density at radius 3 is 2.49 bits per heavy atom. The Hall–Kier alpha value is -4.47. The number of carbonyl (C=O) groups excluding carboxylic acids is 3. The van der Waals surface area contributed by atoms with Crippen molar-refractivity contribution in [3.63, 3.8) is 0 Å². The molecule has 2 aliphatic rings. The van der Waals surface area contributed by atoms with E-state index in [-0.39, 0.29) is 11.8 Å². The van der Waals surface area contributed by atoms with E-state index < -0.39 is 5.97 Å². The molecule has 1 saturated heterocycles. The SMILES string of the molecule is C=C/C=C\C=C/C/C(Nc1ccc(N(C)C(=O)CN2CCN(C)CC2)cc1)=C1/C(=O)Nc2cc(C(=O)OC)ccc21. The molecule has 0 bridgehead atoms. The minimum Gasteiger partial charge on any atom is -0.465 e. The van der Waals surface area contributed by atoms with E-state index in [0.29, 0.717) is 41.1 Å². The van der Waals surface area contributed by atoms with Crippen LogP contribution in [0.2, 0.25) is 0 Å². The number of benzene rings is 2. The summed E-state index contributed by atoms with van der Waals surface area (Å²) in [5, 5.41) is 6.28. The van der Waals surface area contributed by atoms with Crippen molar-refractivity contribution in [3.8, 4) is 0 Å². The third kappa shape index (κ3) is 7.39. The first-order valence-corrected chi connectivity index (χ1v) is 13.6. The molecule has 9 nitrogen and oxygen atoms in total. The number of fused-ring (bicyclic) bond motifs is 1. The molecule has 0 spiro atoms. The van der Waals surface area contributed by atoms with Crippen molar-refractivity contribution in [1.29, 1.82) is 0 Å². The van der Waals surface area contributed by atoms with Gasteiger partial charge in [-0.05, 0) is 43.4 Å². The zero-order chi connectivity index (χ0) is 29.4. The second-order valence-corrected chi connectivity index (χ2v) is 10.0. The number of piperazine rings is 1. The van der Waals surface area contributed by atoms with E-state index in [4.69, 9.17) is 4.74 Å². The van der Waals surface area contributed by atoms with E-state index in [0.717, 1.165) is 37.6 Å². The Bertz CT molecular complexity index is 1390. The number of rotatable bonds is 10. The van der Waals surface area contributed by atoms with Gasteiger partial charge in [-0.3, -0.25) is 14.5 Å².